The van der Waals surface area contributed by atoms with Crippen LogP contribution in [0, 0.1) is 20.8 Å². The molecular weight excluding hydrogens is 390 g/mol. The fourth-order valence-corrected chi connectivity index (χ4v) is 3.94. The number of nitrogens with one attached hydrogen (secondary N) is 3. The highest BCUT2D eigenvalue weighted by molar-refractivity contribution is 7.20. The van der Waals surface area contributed by atoms with Gasteiger partial charge in [0.1, 0.15) is 10.7 Å². The average molecular weight is 411 g/mol. The topological polar surface area (TPSA) is 130 Å². The first kappa shape index (κ1) is 20.3. The number of carbonyl (C=O) groups is 3. The van der Waals surface area contributed by atoms with Crippen molar-refractivity contribution in [2.45, 2.75) is 27.7 Å². The van der Waals surface area contributed by atoms with E-state index in [0.29, 0.717) is 22.0 Å². The van der Waals surface area contributed by atoms with E-state index in [1.807, 2.05) is 31.2 Å². The Morgan fingerprint density at radius 1 is 1.10 bits per heavy atom. The predicted molar refractivity (Wildman–Crippen MR) is 113 cm³/mol. The van der Waals surface area contributed by atoms with Crippen molar-refractivity contribution in [3.8, 4) is 0 Å². The highest BCUT2D eigenvalue weighted by atomic mass is 32.1. The maximum atomic E-state index is 12.8. The molecule has 0 aliphatic carbocycles. The van der Waals surface area contributed by atoms with Crippen molar-refractivity contribution in [1.82, 2.24) is 9.97 Å². The van der Waals surface area contributed by atoms with Crippen LogP contribution >= 0.6 is 11.3 Å². The number of primary amides is 1. The van der Waals surface area contributed by atoms with Crippen molar-refractivity contribution >= 4 is 44.8 Å². The smallest absolute Gasteiger partial charge is 0.273 e. The molecule has 1 aromatic carbocycles. The van der Waals surface area contributed by atoms with E-state index >= 15 is 0 Å². The third-order valence-corrected chi connectivity index (χ3v) is 5.29. The lowest BCUT2D eigenvalue weighted by molar-refractivity contribution is 0.0993. The third-order valence-electron chi connectivity index (χ3n) is 4.41. The van der Waals surface area contributed by atoms with Gasteiger partial charge in [-0.2, -0.15) is 0 Å². The second kappa shape index (κ2) is 7.88. The lowest BCUT2D eigenvalue weighted by Crippen LogP contribution is -2.18. The molecule has 3 rings (SSSR count). The first-order valence-corrected chi connectivity index (χ1v) is 9.64. The number of Topliss-reactive ketones (excluding diaryl/α,β-unsaturated/α-hetero) is 1. The number of anilines is 3. The first-order chi connectivity index (χ1) is 13.7. The maximum absolute atomic E-state index is 12.8. The molecule has 0 spiro atoms. The number of aromatic nitrogens is 2. The van der Waals surface area contributed by atoms with Crippen LogP contribution in [0.3, 0.4) is 0 Å². The number of amides is 2. The van der Waals surface area contributed by atoms with E-state index < -0.39 is 11.8 Å². The van der Waals surface area contributed by atoms with E-state index in [-0.39, 0.29) is 22.2 Å². The molecule has 29 heavy (non-hydrogen) atoms. The molecule has 2 heterocycles. The Morgan fingerprint density at radius 3 is 2.31 bits per heavy atom. The van der Waals surface area contributed by atoms with Gasteiger partial charge in [-0.05, 0) is 45.4 Å². The molecule has 8 nitrogen and oxygen atoms in total. The normalized spacial score (nSPS) is 10.6. The summed E-state index contributed by atoms with van der Waals surface area (Å²) in [6.07, 6.45) is 0. The van der Waals surface area contributed by atoms with Gasteiger partial charge in [-0.15, -0.1) is 0 Å². The van der Waals surface area contributed by atoms with Gasteiger partial charge in [0.05, 0.1) is 0 Å². The Kier molecular flexibility index (Phi) is 5.51. The summed E-state index contributed by atoms with van der Waals surface area (Å²) in [5, 5.41) is 6.42. The zero-order valence-corrected chi connectivity index (χ0v) is 17.3. The molecule has 3 aromatic rings. The van der Waals surface area contributed by atoms with E-state index in [9.17, 15) is 14.4 Å². The van der Waals surface area contributed by atoms with Crippen molar-refractivity contribution in [1.29, 1.82) is 0 Å². The number of H-pyrrole nitrogens is 1. The Balaban J connectivity index is 1.88. The zero-order valence-electron chi connectivity index (χ0n) is 16.5. The summed E-state index contributed by atoms with van der Waals surface area (Å²) >= 11 is 1.10. The highest BCUT2D eigenvalue weighted by Gasteiger charge is 2.23. The quantitative estimate of drug-likeness (QED) is 0.460. The molecule has 0 saturated carbocycles. The molecule has 9 heteroatoms. The number of aryl methyl sites for hydroxylation is 2. The summed E-state index contributed by atoms with van der Waals surface area (Å²) in [5.74, 6) is -1.36. The number of thiazole rings is 1. The Bertz CT molecular complexity index is 1110. The Morgan fingerprint density at radius 2 is 1.76 bits per heavy atom. The van der Waals surface area contributed by atoms with Gasteiger partial charge < -0.3 is 21.4 Å². The number of hydrogen-bond donors (Lipinski definition) is 4. The van der Waals surface area contributed by atoms with E-state index in [4.69, 9.17) is 5.73 Å². The monoisotopic (exact) mass is 411 g/mol. The van der Waals surface area contributed by atoms with Gasteiger partial charge in [0, 0.05) is 16.9 Å². The van der Waals surface area contributed by atoms with Gasteiger partial charge >= 0.3 is 0 Å². The summed E-state index contributed by atoms with van der Waals surface area (Å²) in [5.41, 5.74) is 9.20. The molecular formula is C20H21N5O3S. The van der Waals surface area contributed by atoms with Gasteiger partial charge in [0.2, 0.25) is 0 Å². The summed E-state index contributed by atoms with van der Waals surface area (Å²) in [6.45, 7) is 6.85. The van der Waals surface area contributed by atoms with E-state index in [1.165, 1.54) is 6.92 Å². The van der Waals surface area contributed by atoms with E-state index in [2.05, 4.69) is 20.6 Å². The maximum Gasteiger partial charge on any atom is 0.273 e. The van der Waals surface area contributed by atoms with Gasteiger partial charge in [0.15, 0.2) is 16.6 Å². The SMILES string of the molecule is CC(=O)c1c(C)[nH]c(C(=O)Nc2sc(Nc3ccc(C)cc3)nc2C(N)=O)c1C. The number of ketones is 1. The molecule has 0 atom stereocenters. The van der Waals surface area contributed by atoms with Gasteiger partial charge in [-0.25, -0.2) is 4.98 Å². The zero-order chi connectivity index (χ0) is 21.3. The van der Waals surface area contributed by atoms with E-state index in [1.54, 1.807) is 13.8 Å². The van der Waals surface area contributed by atoms with Crippen molar-refractivity contribution in [2.24, 2.45) is 5.73 Å². The van der Waals surface area contributed by atoms with Gasteiger partial charge in [-0.3, -0.25) is 14.4 Å². The molecule has 2 aromatic heterocycles. The molecule has 0 aliphatic rings. The van der Waals surface area contributed by atoms with Crippen molar-refractivity contribution in [3.05, 3.63) is 58.0 Å². The Hall–Kier alpha value is -3.46. The lowest BCUT2D eigenvalue weighted by atomic mass is 10.1. The van der Waals surface area contributed by atoms with Gasteiger partial charge in [0.25, 0.3) is 11.8 Å². The molecule has 150 valence electrons. The number of rotatable bonds is 6. The van der Waals surface area contributed by atoms with Crippen LogP contribution in [0.1, 0.15) is 55.1 Å². The second-order valence-corrected chi connectivity index (χ2v) is 7.69. The molecule has 0 unspecified atom stereocenters. The third kappa shape index (κ3) is 4.19. The van der Waals surface area contributed by atoms with Crippen LogP contribution in [0.15, 0.2) is 24.3 Å². The van der Waals surface area contributed by atoms with Crippen LogP contribution in [0.25, 0.3) is 0 Å². The minimum atomic E-state index is -0.752. The molecule has 0 bridgehead atoms. The van der Waals surface area contributed by atoms with Gasteiger partial charge in [-0.1, -0.05) is 29.0 Å². The number of aromatic amines is 1. The fraction of sp³-hybridized carbons (Fsp3) is 0.200. The number of nitrogens with zero attached hydrogens (tertiary/aromatic N) is 1. The fourth-order valence-electron chi connectivity index (χ4n) is 3.06. The van der Waals surface area contributed by atoms with Crippen LogP contribution in [0.5, 0.6) is 0 Å². The van der Waals surface area contributed by atoms with E-state index in [0.717, 1.165) is 22.6 Å². The number of benzene rings is 1. The number of hydrogen-bond acceptors (Lipinski definition) is 6. The van der Waals surface area contributed by atoms with Crippen molar-refractivity contribution < 1.29 is 14.4 Å². The largest absolute Gasteiger partial charge is 0.364 e. The van der Waals surface area contributed by atoms with Crippen LogP contribution in [0.2, 0.25) is 0 Å². The minimum absolute atomic E-state index is 0.0364. The van der Waals surface area contributed by atoms with Crippen LogP contribution in [0.4, 0.5) is 15.8 Å². The van der Waals surface area contributed by atoms with Crippen LogP contribution in [-0.4, -0.2) is 27.6 Å². The molecule has 0 radical (unpaired) electrons. The summed E-state index contributed by atoms with van der Waals surface area (Å²) in [7, 11) is 0. The van der Waals surface area contributed by atoms with Crippen LogP contribution < -0.4 is 16.4 Å². The van der Waals surface area contributed by atoms with Crippen molar-refractivity contribution in [3.63, 3.8) is 0 Å². The molecule has 0 aliphatic heterocycles. The molecule has 0 fully saturated rings. The number of nitrogens with two attached hydrogens (primary N) is 1. The standard InChI is InChI=1S/C20H21N5O3S/c1-9-5-7-13(8-6-9)23-20-24-16(17(21)27)19(29-20)25-18(28)15-10(2)14(12(4)26)11(3)22-15/h5-8,22H,1-4H3,(H2,21,27)(H,23,24)(H,25,28). The Labute approximate surface area is 171 Å². The molecule has 5 N–H and O–H groups in total. The lowest BCUT2D eigenvalue weighted by Gasteiger charge is -2.03. The molecule has 0 saturated heterocycles. The minimum Gasteiger partial charge on any atom is -0.364 e. The van der Waals surface area contributed by atoms with Crippen LogP contribution in [-0.2, 0) is 0 Å². The predicted octanol–water partition coefficient (Wildman–Crippen LogP) is 3.69. The summed E-state index contributed by atoms with van der Waals surface area (Å²) in [6, 6.07) is 7.65. The summed E-state index contributed by atoms with van der Waals surface area (Å²) in [4.78, 5) is 43.5. The first-order valence-electron chi connectivity index (χ1n) is 8.83. The molecule has 2 amide bonds. The highest BCUT2D eigenvalue weighted by Crippen LogP contribution is 2.31. The second-order valence-electron chi connectivity index (χ2n) is 6.69. The summed E-state index contributed by atoms with van der Waals surface area (Å²) < 4.78 is 0. The van der Waals surface area contributed by atoms with Crippen molar-refractivity contribution in [2.75, 3.05) is 10.6 Å². The average Bonchev–Trinajstić information content (AvgIpc) is 3.17. The number of carbonyl (C=O) groups excluding carboxylic acids is 3.